The highest BCUT2D eigenvalue weighted by molar-refractivity contribution is 7.99. The maximum absolute atomic E-state index is 13.7. The lowest BCUT2D eigenvalue weighted by Crippen LogP contribution is -2.59. The van der Waals surface area contributed by atoms with E-state index in [4.69, 9.17) is 9.15 Å². The lowest BCUT2D eigenvalue weighted by Gasteiger charge is -2.44. The Morgan fingerprint density at radius 3 is 2.63 bits per heavy atom. The van der Waals surface area contributed by atoms with E-state index >= 15 is 0 Å². The van der Waals surface area contributed by atoms with Crippen LogP contribution in [0.3, 0.4) is 0 Å². The number of hydrogen-bond donors (Lipinski definition) is 3. The molecule has 2 aromatic rings. The summed E-state index contributed by atoms with van der Waals surface area (Å²) in [6.07, 6.45) is 0.282. The number of likely N-dealkylation sites (N-methyl/N-ethyl adjacent to an activating group) is 1. The number of carbonyl (C=O) groups excluding carboxylic acids is 1. The normalized spacial score (nSPS) is 32.1. The second kappa shape index (κ2) is 12.6. The van der Waals surface area contributed by atoms with Crippen LogP contribution in [0.4, 0.5) is 0 Å². The first-order valence-electron chi connectivity index (χ1n) is 13.5. The van der Waals surface area contributed by atoms with Gasteiger partial charge in [0.2, 0.25) is 0 Å². The first kappa shape index (κ1) is 29.8. The van der Waals surface area contributed by atoms with Gasteiger partial charge in [0.25, 0.3) is 5.22 Å². The van der Waals surface area contributed by atoms with E-state index in [1.54, 1.807) is 6.26 Å². The first-order chi connectivity index (χ1) is 18.0. The Morgan fingerprint density at radius 2 is 1.95 bits per heavy atom. The van der Waals surface area contributed by atoms with Gasteiger partial charge in [-0.2, -0.15) is 0 Å². The summed E-state index contributed by atoms with van der Waals surface area (Å²) >= 11 is 2.69. The van der Waals surface area contributed by atoms with Crippen LogP contribution in [0, 0.1) is 25.7 Å². The largest absolute Gasteiger partial charge is 0.431 e. The molecule has 0 amide bonds. The van der Waals surface area contributed by atoms with Crippen LogP contribution in [0.15, 0.2) is 21.8 Å². The van der Waals surface area contributed by atoms with Gasteiger partial charge >= 0.3 is 0 Å². The van der Waals surface area contributed by atoms with Crippen molar-refractivity contribution in [3.05, 3.63) is 23.3 Å². The molecule has 212 valence electrons. The van der Waals surface area contributed by atoms with Crippen molar-refractivity contribution in [3.63, 3.8) is 0 Å². The van der Waals surface area contributed by atoms with Gasteiger partial charge in [0.15, 0.2) is 5.58 Å². The summed E-state index contributed by atoms with van der Waals surface area (Å²) in [7, 11) is 2.00. The zero-order valence-corrected chi connectivity index (χ0v) is 24.8. The Bertz CT molecular complexity index is 1110. The molecule has 3 heterocycles. The third-order valence-electron chi connectivity index (χ3n) is 8.35. The van der Waals surface area contributed by atoms with Crippen molar-refractivity contribution in [1.29, 1.82) is 0 Å². The van der Waals surface area contributed by atoms with Gasteiger partial charge < -0.3 is 24.5 Å². The molecule has 2 aliphatic heterocycles. The minimum atomic E-state index is -1.36. The van der Waals surface area contributed by atoms with Crippen molar-refractivity contribution >= 4 is 40.4 Å². The predicted molar refractivity (Wildman–Crippen MR) is 152 cm³/mol. The van der Waals surface area contributed by atoms with Crippen LogP contribution in [-0.4, -0.2) is 92.0 Å². The summed E-state index contributed by atoms with van der Waals surface area (Å²) in [5.74, 6) is 0.186. The molecule has 8 nitrogen and oxygen atoms in total. The van der Waals surface area contributed by atoms with Gasteiger partial charge in [-0.05, 0) is 63.1 Å². The molecule has 1 aromatic carbocycles. The van der Waals surface area contributed by atoms with Gasteiger partial charge in [0.1, 0.15) is 35.0 Å². The molecule has 0 radical (unpaired) electrons. The van der Waals surface area contributed by atoms with Crippen LogP contribution in [0.2, 0.25) is 0 Å². The molecule has 5 unspecified atom stereocenters. The molecule has 10 heteroatoms. The minimum absolute atomic E-state index is 0.115. The third-order valence-corrected chi connectivity index (χ3v) is 10.3. The van der Waals surface area contributed by atoms with Crippen molar-refractivity contribution in [2.24, 2.45) is 11.8 Å². The minimum Gasteiger partial charge on any atom is -0.431 e. The van der Waals surface area contributed by atoms with Crippen molar-refractivity contribution in [1.82, 2.24) is 9.88 Å². The molecule has 1 aromatic heterocycles. The average Bonchev–Trinajstić information content (AvgIpc) is 3.47. The molecule has 2 aliphatic rings. The van der Waals surface area contributed by atoms with E-state index in [-0.39, 0.29) is 23.5 Å². The summed E-state index contributed by atoms with van der Waals surface area (Å²) in [6, 6.07) is 3.79. The molecule has 3 N–H and O–H groups in total. The number of Topliss-reactive ketones (excluding diaryl/α,β-unsaturated/α-hetero) is 1. The molecule has 0 bridgehead atoms. The summed E-state index contributed by atoms with van der Waals surface area (Å²) in [5, 5.41) is 32.3. The fourth-order valence-electron chi connectivity index (χ4n) is 5.94. The number of nitrogens with zero attached hydrogens (tertiary/aromatic N) is 2. The quantitative estimate of drug-likeness (QED) is 0.367. The predicted octanol–water partition coefficient (Wildman–Crippen LogP) is 3.79. The molecule has 9 atom stereocenters. The van der Waals surface area contributed by atoms with Gasteiger partial charge in [-0.3, -0.25) is 9.69 Å². The van der Waals surface area contributed by atoms with E-state index in [2.05, 4.69) is 16.8 Å². The molecule has 4 rings (SSSR count). The number of thioether (sulfide) groups is 2. The summed E-state index contributed by atoms with van der Waals surface area (Å²) in [4.78, 5) is 20.5. The highest BCUT2D eigenvalue weighted by Gasteiger charge is 2.49. The second-order valence-corrected chi connectivity index (χ2v) is 13.3. The zero-order chi connectivity index (χ0) is 27.7. The van der Waals surface area contributed by atoms with Crippen molar-refractivity contribution in [2.45, 2.75) is 99.7 Å². The number of likely N-dealkylation sites (tertiary alicyclic amines) is 1. The maximum Gasteiger partial charge on any atom is 0.257 e. The molecule has 38 heavy (non-hydrogen) atoms. The van der Waals surface area contributed by atoms with Crippen LogP contribution in [0.5, 0.6) is 0 Å². The molecule has 2 fully saturated rings. The number of ketones is 1. The van der Waals surface area contributed by atoms with Gasteiger partial charge in [0, 0.05) is 24.1 Å². The number of oxazole rings is 1. The topological polar surface area (TPSA) is 116 Å². The molecule has 2 saturated heterocycles. The molecular formula is C28H42N2O6S2. The van der Waals surface area contributed by atoms with Crippen LogP contribution in [-0.2, 0) is 9.53 Å². The lowest BCUT2D eigenvalue weighted by atomic mass is 9.83. The van der Waals surface area contributed by atoms with E-state index in [0.29, 0.717) is 11.1 Å². The number of aryl methyl sites for hydroxylation is 2. The van der Waals surface area contributed by atoms with E-state index in [0.717, 1.165) is 48.0 Å². The van der Waals surface area contributed by atoms with Crippen molar-refractivity contribution < 1.29 is 29.3 Å². The van der Waals surface area contributed by atoms with Crippen LogP contribution in [0.25, 0.3) is 11.1 Å². The molecule has 0 aliphatic carbocycles. The molecule has 0 spiro atoms. The van der Waals surface area contributed by atoms with E-state index < -0.39 is 35.8 Å². The number of fused-ring (bicyclic) bond motifs is 1. The number of carbonyl (C=O) groups is 1. The highest BCUT2D eigenvalue weighted by Crippen LogP contribution is 2.40. The van der Waals surface area contributed by atoms with E-state index in [1.165, 1.54) is 23.5 Å². The maximum atomic E-state index is 13.7. The number of aliphatic hydroxyl groups excluding tert-OH is 3. The SMILES string of the molecule is CCC[C@@H]1C[C@@H](C(=O)C[C@@H](C2OC(SC)C(O)C(O)C2O)[C@H](C)Sc2nc3ccc(C)c(C)c3o2)N(C)C1. The first-order valence-corrected chi connectivity index (χ1v) is 15.7. The lowest BCUT2D eigenvalue weighted by molar-refractivity contribution is -0.211. The van der Waals surface area contributed by atoms with E-state index in [9.17, 15) is 20.1 Å². The summed E-state index contributed by atoms with van der Waals surface area (Å²) in [6.45, 7) is 9.10. The number of rotatable bonds is 10. The standard InChI is InChI=1S/C28H42N2O6S2/c1-7-8-17-11-20(30(5)13-17)21(31)12-18(26-23(33)22(32)24(34)27(35-26)37-6)16(4)38-28-29-19-10-9-14(2)15(3)25(19)36-28/h9-10,16-18,20,22-24,26-27,32-34H,7-8,11-13H2,1-6H3/t16-,17+,18+,20-,22?,23?,24?,26?,27?/m0/s1. The summed E-state index contributed by atoms with van der Waals surface area (Å²) in [5.41, 5.74) is 2.99. The fraction of sp³-hybridized carbons (Fsp3) is 0.714. The number of aliphatic hydroxyl groups is 3. The Balaban J connectivity index is 1.60. The Labute approximate surface area is 233 Å². The van der Waals surface area contributed by atoms with Crippen LogP contribution in [0.1, 0.15) is 50.7 Å². The number of hydrogen-bond acceptors (Lipinski definition) is 10. The number of benzene rings is 1. The smallest absolute Gasteiger partial charge is 0.257 e. The van der Waals surface area contributed by atoms with Gasteiger partial charge in [-0.1, -0.05) is 38.1 Å². The van der Waals surface area contributed by atoms with Crippen molar-refractivity contribution in [3.8, 4) is 0 Å². The Hall–Kier alpha value is -1.14. The number of aromatic nitrogens is 1. The molecule has 0 saturated carbocycles. The second-order valence-electron chi connectivity index (χ2n) is 11.0. The van der Waals surface area contributed by atoms with Gasteiger partial charge in [0.05, 0.1) is 12.1 Å². The zero-order valence-electron chi connectivity index (χ0n) is 23.2. The Kier molecular flexibility index (Phi) is 9.88. The Morgan fingerprint density at radius 1 is 1.21 bits per heavy atom. The molecular weight excluding hydrogens is 524 g/mol. The fourth-order valence-corrected chi connectivity index (χ4v) is 7.64. The monoisotopic (exact) mass is 566 g/mol. The summed E-state index contributed by atoms with van der Waals surface area (Å²) < 4.78 is 12.3. The number of ether oxygens (including phenoxy) is 1. The highest BCUT2D eigenvalue weighted by atomic mass is 32.2. The van der Waals surface area contributed by atoms with Crippen LogP contribution < -0.4 is 0 Å². The van der Waals surface area contributed by atoms with Crippen LogP contribution >= 0.6 is 23.5 Å². The van der Waals surface area contributed by atoms with Gasteiger partial charge in [-0.25, -0.2) is 4.98 Å². The average molecular weight is 567 g/mol. The third kappa shape index (κ3) is 6.11. The van der Waals surface area contributed by atoms with Crippen molar-refractivity contribution in [2.75, 3.05) is 19.8 Å². The van der Waals surface area contributed by atoms with Gasteiger partial charge in [-0.15, -0.1) is 11.8 Å². The van der Waals surface area contributed by atoms with E-state index in [1.807, 2.05) is 40.0 Å².